The van der Waals surface area contributed by atoms with E-state index in [0.717, 1.165) is 5.56 Å². The molecule has 3 rings (SSSR count). The zero-order chi connectivity index (χ0) is 19.2. The highest BCUT2D eigenvalue weighted by molar-refractivity contribution is 9.10. The lowest BCUT2D eigenvalue weighted by atomic mass is 10.1. The maximum Gasteiger partial charge on any atom is 0.256 e. The first-order valence-electron chi connectivity index (χ1n) is 8.22. The average Bonchev–Trinajstić information content (AvgIpc) is 2.68. The van der Waals surface area contributed by atoms with Crippen LogP contribution < -0.4 is 10.6 Å². The van der Waals surface area contributed by atoms with Crippen LogP contribution in [0.1, 0.15) is 26.3 Å². The fourth-order valence-electron chi connectivity index (χ4n) is 2.50. The van der Waals surface area contributed by atoms with Gasteiger partial charge in [-0.2, -0.15) is 0 Å². The van der Waals surface area contributed by atoms with E-state index >= 15 is 0 Å². The molecule has 0 bridgehead atoms. The summed E-state index contributed by atoms with van der Waals surface area (Å²) in [4.78, 5) is 25.1. The van der Waals surface area contributed by atoms with Crippen LogP contribution >= 0.6 is 15.9 Å². The second-order valence-electron chi connectivity index (χ2n) is 5.79. The van der Waals surface area contributed by atoms with E-state index < -0.39 is 0 Å². The van der Waals surface area contributed by atoms with Gasteiger partial charge in [-0.05, 0) is 57.9 Å². The zero-order valence-corrected chi connectivity index (χ0v) is 15.8. The molecule has 0 aliphatic heterocycles. The summed E-state index contributed by atoms with van der Waals surface area (Å²) in [5, 5.41) is 5.55. The monoisotopic (exact) mass is 426 g/mol. The van der Waals surface area contributed by atoms with Crippen LogP contribution in [-0.2, 0) is 6.54 Å². The molecule has 0 unspecified atom stereocenters. The SMILES string of the molecule is O=C(Nc1ccccc1C(=O)NCc1ccc(F)cc1)c1ccccc1Br. The molecular formula is C21H16BrFN2O2. The van der Waals surface area contributed by atoms with Crippen molar-refractivity contribution in [2.45, 2.75) is 6.54 Å². The van der Waals surface area contributed by atoms with E-state index in [4.69, 9.17) is 0 Å². The molecular weight excluding hydrogens is 411 g/mol. The smallest absolute Gasteiger partial charge is 0.256 e. The molecule has 0 aliphatic carbocycles. The second kappa shape index (κ2) is 8.60. The summed E-state index contributed by atoms with van der Waals surface area (Å²) in [5.41, 5.74) is 2.01. The van der Waals surface area contributed by atoms with Crippen LogP contribution in [0.3, 0.4) is 0 Å². The summed E-state index contributed by atoms with van der Waals surface area (Å²) in [7, 11) is 0. The lowest BCUT2D eigenvalue weighted by molar-refractivity contribution is 0.0952. The minimum absolute atomic E-state index is 0.256. The summed E-state index contributed by atoms with van der Waals surface area (Å²) in [6.07, 6.45) is 0. The van der Waals surface area contributed by atoms with Gasteiger partial charge >= 0.3 is 0 Å². The maximum absolute atomic E-state index is 13.0. The van der Waals surface area contributed by atoms with Crippen LogP contribution in [0, 0.1) is 5.82 Å². The molecule has 0 saturated heterocycles. The Morgan fingerprint density at radius 3 is 2.15 bits per heavy atom. The number of anilines is 1. The van der Waals surface area contributed by atoms with Gasteiger partial charge in [0, 0.05) is 11.0 Å². The van der Waals surface area contributed by atoms with Crippen LogP contribution in [-0.4, -0.2) is 11.8 Å². The third kappa shape index (κ3) is 4.80. The van der Waals surface area contributed by atoms with Gasteiger partial charge < -0.3 is 10.6 Å². The molecule has 0 spiro atoms. The van der Waals surface area contributed by atoms with Gasteiger partial charge in [0.1, 0.15) is 5.82 Å². The minimum Gasteiger partial charge on any atom is -0.348 e. The number of hydrogen-bond acceptors (Lipinski definition) is 2. The molecule has 4 nitrogen and oxygen atoms in total. The summed E-state index contributed by atoms with van der Waals surface area (Å²) in [6.45, 7) is 0.256. The lowest BCUT2D eigenvalue weighted by Crippen LogP contribution is -2.25. The molecule has 6 heteroatoms. The summed E-state index contributed by atoms with van der Waals surface area (Å²) in [5.74, 6) is -0.978. The molecule has 136 valence electrons. The molecule has 0 aromatic heterocycles. The third-order valence-electron chi connectivity index (χ3n) is 3.90. The minimum atomic E-state index is -0.331. The first kappa shape index (κ1) is 18.8. The molecule has 0 heterocycles. The molecule has 0 radical (unpaired) electrons. The quantitative estimate of drug-likeness (QED) is 0.617. The molecule has 2 N–H and O–H groups in total. The van der Waals surface area contributed by atoms with E-state index in [9.17, 15) is 14.0 Å². The molecule has 0 saturated carbocycles. The van der Waals surface area contributed by atoms with E-state index in [1.165, 1.54) is 12.1 Å². The van der Waals surface area contributed by atoms with Crippen LogP contribution in [0.5, 0.6) is 0 Å². The Morgan fingerprint density at radius 1 is 0.815 bits per heavy atom. The first-order chi connectivity index (χ1) is 13.0. The summed E-state index contributed by atoms with van der Waals surface area (Å²) < 4.78 is 13.6. The Labute approximate surface area is 164 Å². The van der Waals surface area contributed by atoms with Crippen molar-refractivity contribution in [3.8, 4) is 0 Å². The standard InChI is InChI=1S/C21H16BrFN2O2/c22-18-7-3-1-5-16(18)21(27)25-19-8-4-2-6-17(19)20(26)24-13-14-9-11-15(23)12-10-14/h1-12H,13H2,(H,24,26)(H,25,27). The number of carbonyl (C=O) groups excluding carboxylic acids is 2. The second-order valence-corrected chi connectivity index (χ2v) is 6.64. The molecule has 3 aromatic rings. The molecule has 0 fully saturated rings. The molecule has 27 heavy (non-hydrogen) atoms. The highest BCUT2D eigenvalue weighted by Gasteiger charge is 2.15. The zero-order valence-electron chi connectivity index (χ0n) is 14.2. The van der Waals surface area contributed by atoms with Crippen molar-refractivity contribution in [2.75, 3.05) is 5.32 Å². The van der Waals surface area contributed by atoms with Crippen LogP contribution in [0.15, 0.2) is 77.3 Å². The van der Waals surface area contributed by atoms with Gasteiger partial charge in [-0.15, -0.1) is 0 Å². The van der Waals surface area contributed by atoms with Gasteiger partial charge in [0.15, 0.2) is 0 Å². The van der Waals surface area contributed by atoms with Crippen LogP contribution in [0.4, 0.5) is 10.1 Å². The highest BCUT2D eigenvalue weighted by atomic mass is 79.9. The number of hydrogen-bond donors (Lipinski definition) is 2. The van der Waals surface area contributed by atoms with Gasteiger partial charge in [0.05, 0.1) is 16.8 Å². The van der Waals surface area contributed by atoms with Gasteiger partial charge in [0.2, 0.25) is 0 Å². The normalized spacial score (nSPS) is 10.3. The van der Waals surface area contributed by atoms with E-state index in [0.29, 0.717) is 21.3 Å². The van der Waals surface area contributed by atoms with E-state index in [-0.39, 0.29) is 24.2 Å². The number of rotatable bonds is 5. The summed E-state index contributed by atoms with van der Waals surface area (Å²) in [6, 6.07) is 19.7. The van der Waals surface area contributed by atoms with E-state index in [1.54, 1.807) is 54.6 Å². The Balaban J connectivity index is 1.73. The molecule has 2 amide bonds. The van der Waals surface area contributed by atoms with Gasteiger partial charge in [-0.1, -0.05) is 36.4 Å². The van der Waals surface area contributed by atoms with Crippen molar-refractivity contribution in [1.82, 2.24) is 5.32 Å². The predicted molar refractivity (Wildman–Crippen MR) is 106 cm³/mol. The predicted octanol–water partition coefficient (Wildman–Crippen LogP) is 4.77. The van der Waals surface area contributed by atoms with Gasteiger partial charge in [0.25, 0.3) is 11.8 Å². The Morgan fingerprint density at radius 2 is 1.44 bits per heavy atom. The number of halogens is 2. The average molecular weight is 427 g/mol. The van der Waals surface area contributed by atoms with Crippen LogP contribution in [0.25, 0.3) is 0 Å². The van der Waals surface area contributed by atoms with E-state index in [1.807, 2.05) is 6.07 Å². The lowest BCUT2D eigenvalue weighted by Gasteiger charge is -2.12. The third-order valence-corrected chi connectivity index (χ3v) is 4.60. The number of para-hydroxylation sites is 1. The number of amides is 2. The van der Waals surface area contributed by atoms with Crippen molar-refractivity contribution in [3.05, 3.63) is 99.8 Å². The maximum atomic E-state index is 13.0. The largest absolute Gasteiger partial charge is 0.348 e. The van der Waals surface area contributed by atoms with Crippen molar-refractivity contribution >= 4 is 33.4 Å². The Hall–Kier alpha value is -2.99. The first-order valence-corrected chi connectivity index (χ1v) is 9.01. The van der Waals surface area contributed by atoms with Crippen LogP contribution in [0.2, 0.25) is 0 Å². The molecule has 0 atom stereocenters. The Kier molecular flexibility index (Phi) is 5.98. The topological polar surface area (TPSA) is 58.2 Å². The number of nitrogens with one attached hydrogen (secondary N) is 2. The van der Waals surface area contributed by atoms with Gasteiger partial charge in [-0.25, -0.2) is 4.39 Å². The van der Waals surface area contributed by atoms with Crippen molar-refractivity contribution in [2.24, 2.45) is 0 Å². The summed E-state index contributed by atoms with van der Waals surface area (Å²) >= 11 is 3.35. The van der Waals surface area contributed by atoms with Crippen molar-refractivity contribution in [1.29, 1.82) is 0 Å². The molecule has 0 aliphatic rings. The highest BCUT2D eigenvalue weighted by Crippen LogP contribution is 2.20. The van der Waals surface area contributed by atoms with Gasteiger partial charge in [-0.3, -0.25) is 9.59 Å². The Bertz CT molecular complexity index is 974. The fourth-order valence-corrected chi connectivity index (χ4v) is 2.97. The van der Waals surface area contributed by atoms with Crippen molar-refractivity contribution < 1.29 is 14.0 Å². The fraction of sp³-hybridized carbons (Fsp3) is 0.0476. The number of benzene rings is 3. The number of carbonyl (C=O) groups is 2. The molecule has 3 aromatic carbocycles. The van der Waals surface area contributed by atoms with Crippen molar-refractivity contribution in [3.63, 3.8) is 0 Å². The van der Waals surface area contributed by atoms with E-state index in [2.05, 4.69) is 26.6 Å².